The normalized spacial score (nSPS) is 19.8. The highest BCUT2D eigenvalue weighted by Gasteiger charge is 2.14. The molecule has 15 heavy (non-hydrogen) atoms. The molecular formula is C11H13N3O. The van der Waals surface area contributed by atoms with E-state index in [1.54, 1.807) is 18.3 Å². The first-order valence-corrected chi connectivity index (χ1v) is 5.11. The van der Waals surface area contributed by atoms with Crippen LogP contribution in [0.15, 0.2) is 18.3 Å². The summed E-state index contributed by atoms with van der Waals surface area (Å²) in [5, 5.41) is 11.9. The summed E-state index contributed by atoms with van der Waals surface area (Å²) in [5.41, 5.74) is 0.418. The molecule has 1 aromatic heterocycles. The number of aromatic nitrogens is 1. The van der Waals surface area contributed by atoms with E-state index in [4.69, 9.17) is 10.00 Å². The Bertz CT molecular complexity index is 349. The molecule has 2 heterocycles. The Hall–Kier alpha value is -1.60. The fourth-order valence-corrected chi connectivity index (χ4v) is 1.63. The lowest BCUT2D eigenvalue weighted by atomic mass is 10.2. The molecular weight excluding hydrogens is 190 g/mol. The van der Waals surface area contributed by atoms with Crippen molar-refractivity contribution in [2.24, 2.45) is 0 Å². The average Bonchev–Trinajstić information content (AvgIpc) is 2.80. The number of hydrogen-bond donors (Lipinski definition) is 1. The van der Waals surface area contributed by atoms with E-state index < -0.39 is 0 Å². The predicted octanol–water partition coefficient (Wildman–Crippen LogP) is 1.08. The van der Waals surface area contributed by atoms with Crippen LogP contribution < -0.4 is 10.1 Å². The molecule has 0 aromatic carbocycles. The summed E-state index contributed by atoms with van der Waals surface area (Å²) >= 11 is 0. The molecule has 0 spiro atoms. The van der Waals surface area contributed by atoms with Gasteiger partial charge in [-0.05, 0) is 31.5 Å². The van der Waals surface area contributed by atoms with Crippen LogP contribution in [0.25, 0.3) is 0 Å². The summed E-state index contributed by atoms with van der Waals surface area (Å²) in [6, 6.07) is 5.87. The third-order valence-corrected chi connectivity index (χ3v) is 2.46. The second-order valence-electron chi connectivity index (χ2n) is 3.60. The van der Waals surface area contributed by atoms with Gasteiger partial charge in [-0.15, -0.1) is 0 Å². The number of nitriles is 1. The summed E-state index contributed by atoms with van der Waals surface area (Å²) < 4.78 is 5.55. The van der Waals surface area contributed by atoms with Gasteiger partial charge in [-0.25, -0.2) is 4.98 Å². The maximum absolute atomic E-state index is 8.57. The van der Waals surface area contributed by atoms with Gasteiger partial charge in [-0.1, -0.05) is 0 Å². The molecule has 0 bridgehead atoms. The lowest BCUT2D eigenvalue weighted by molar-refractivity contribution is 0.276. The first-order valence-electron chi connectivity index (χ1n) is 5.11. The molecule has 1 aliphatic heterocycles. The fourth-order valence-electron chi connectivity index (χ4n) is 1.63. The molecule has 4 heteroatoms. The summed E-state index contributed by atoms with van der Waals surface area (Å²) in [5.74, 6) is 0.725. The van der Waals surface area contributed by atoms with Crippen LogP contribution in [0.5, 0.6) is 5.75 Å². The van der Waals surface area contributed by atoms with Crippen LogP contribution >= 0.6 is 0 Å². The highest BCUT2D eigenvalue weighted by molar-refractivity contribution is 5.26. The second kappa shape index (κ2) is 4.76. The van der Waals surface area contributed by atoms with E-state index in [9.17, 15) is 0 Å². The third-order valence-electron chi connectivity index (χ3n) is 2.46. The maximum Gasteiger partial charge on any atom is 0.140 e. The van der Waals surface area contributed by atoms with Gasteiger partial charge in [-0.2, -0.15) is 5.26 Å². The smallest absolute Gasteiger partial charge is 0.140 e. The van der Waals surface area contributed by atoms with Crippen LogP contribution in [-0.4, -0.2) is 24.2 Å². The van der Waals surface area contributed by atoms with Crippen molar-refractivity contribution < 1.29 is 4.74 Å². The molecule has 2 rings (SSSR count). The SMILES string of the molecule is N#Cc1ccc(OCC2CCCN2)cn1. The van der Waals surface area contributed by atoms with Crippen molar-refractivity contribution in [1.29, 1.82) is 5.26 Å². The first kappa shape index (κ1) is 9.94. The van der Waals surface area contributed by atoms with Crippen LogP contribution in [0.4, 0.5) is 0 Å². The lowest BCUT2D eigenvalue weighted by Crippen LogP contribution is -2.28. The molecule has 1 saturated heterocycles. The predicted molar refractivity (Wildman–Crippen MR) is 55.5 cm³/mol. The van der Waals surface area contributed by atoms with Gasteiger partial charge in [0.05, 0.1) is 6.20 Å². The molecule has 1 unspecified atom stereocenters. The summed E-state index contributed by atoms with van der Waals surface area (Å²) in [6.45, 7) is 1.76. The number of pyridine rings is 1. The standard InChI is InChI=1S/C11H13N3O/c12-6-9-3-4-11(7-14-9)15-8-10-2-1-5-13-10/h3-4,7,10,13H,1-2,5,8H2. The number of rotatable bonds is 3. The molecule has 1 fully saturated rings. The quantitative estimate of drug-likeness (QED) is 0.798. The van der Waals surface area contributed by atoms with E-state index in [1.807, 2.05) is 6.07 Å². The molecule has 1 aromatic rings. The van der Waals surface area contributed by atoms with Crippen LogP contribution in [0.3, 0.4) is 0 Å². The van der Waals surface area contributed by atoms with Crippen molar-refractivity contribution in [2.75, 3.05) is 13.2 Å². The van der Waals surface area contributed by atoms with Crippen molar-refractivity contribution >= 4 is 0 Å². The minimum Gasteiger partial charge on any atom is -0.490 e. The summed E-state index contributed by atoms with van der Waals surface area (Å²) in [4.78, 5) is 3.94. The van der Waals surface area contributed by atoms with Gasteiger partial charge in [-0.3, -0.25) is 0 Å². The molecule has 0 aliphatic carbocycles. The zero-order chi connectivity index (χ0) is 10.5. The highest BCUT2D eigenvalue weighted by Crippen LogP contribution is 2.11. The Balaban J connectivity index is 1.85. The van der Waals surface area contributed by atoms with Gasteiger partial charge in [0.15, 0.2) is 0 Å². The largest absolute Gasteiger partial charge is 0.490 e. The summed E-state index contributed by atoms with van der Waals surface area (Å²) in [6.07, 6.45) is 3.98. The second-order valence-corrected chi connectivity index (χ2v) is 3.60. The number of hydrogen-bond acceptors (Lipinski definition) is 4. The minimum absolute atomic E-state index is 0.418. The van der Waals surface area contributed by atoms with Crippen molar-refractivity contribution in [3.63, 3.8) is 0 Å². The highest BCUT2D eigenvalue weighted by atomic mass is 16.5. The molecule has 0 amide bonds. The van der Waals surface area contributed by atoms with Crippen LogP contribution in [0, 0.1) is 11.3 Å². The van der Waals surface area contributed by atoms with E-state index in [1.165, 1.54) is 12.8 Å². The van der Waals surface area contributed by atoms with Crippen molar-refractivity contribution in [2.45, 2.75) is 18.9 Å². The summed E-state index contributed by atoms with van der Waals surface area (Å²) in [7, 11) is 0. The Kier molecular flexibility index (Phi) is 3.15. The van der Waals surface area contributed by atoms with Gasteiger partial charge in [0.2, 0.25) is 0 Å². The zero-order valence-electron chi connectivity index (χ0n) is 8.44. The number of nitrogens with one attached hydrogen (secondary N) is 1. The number of nitrogens with zero attached hydrogens (tertiary/aromatic N) is 2. The molecule has 1 atom stereocenters. The lowest BCUT2D eigenvalue weighted by Gasteiger charge is -2.11. The van der Waals surface area contributed by atoms with Crippen molar-refractivity contribution in [3.05, 3.63) is 24.0 Å². The Labute approximate surface area is 88.9 Å². The van der Waals surface area contributed by atoms with Crippen molar-refractivity contribution in [3.8, 4) is 11.8 Å². The first-order chi connectivity index (χ1) is 7.38. The van der Waals surface area contributed by atoms with Gasteiger partial charge >= 0.3 is 0 Å². The topological polar surface area (TPSA) is 57.9 Å². The number of ether oxygens (including phenoxy) is 1. The fraction of sp³-hybridized carbons (Fsp3) is 0.455. The van der Waals surface area contributed by atoms with Crippen molar-refractivity contribution in [1.82, 2.24) is 10.3 Å². The molecule has 4 nitrogen and oxygen atoms in total. The maximum atomic E-state index is 8.57. The monoisotopic (exact) mass is 203 g/mol. The van der Waals surface area contributed by atoms with E-state index in [-0.39, 0.29) is 0 Å². The van der Waals surface area contributed by atoms with E-state index >= 15 is 0 Å². The minimum atomic E-state index is 0.418. The van der Waals surface area contributed by atoms with Gasteiger partial charge < -0.3 is 10.1 Å². The van der Waals surface area contributed by atoms with Crippen LogP contribution in [0.2, 0.25) is 0 Å². The van der Waals surface area contributed by atoms with Gasteiger partial charge in [0, 0.05) is 6.04 Å². The van der Waals surface area contributed by atoms with E-state index in [0.717, 1.165) is 12.3 Å². The Morgan fingerprint density at radius 2 is 2.53 bits per heavy atom. The molecule has 1 aliphatic rings. The Morgan fingerprint density at radius 3 is 3.13 bits per heavy atom. The van der Waals surface area contributed by atoms with E-state index in [2.05, 4.69) is 10.3 Å². The molecule has 1 N–H and O–H groups in total. The van der Waals surface area contributed by atoms with E-state index in [0.29, 0.717) is 18.3 Å². The Morgan fingerprint density at radius 1 is 1.60 bits per heavy atom. The third kappa shape index (κ3) is 2.67. The van der Waals surface area contributed by atoms with Gasteiger partial charge in [0.25, 0.3) is 0 Å². The van der Waals surface area contributed by atoms with Crippen LogP contribution in [-0.2, 0) is 0 Å². The molecule has 0 radical (unpaired) electrons. The van der Waals surface area contributed by atoms with Gasteiger partial charge in [0.1, 0.15) is 24.1 Å². The zero-order valence-corrected chi connectivity index (χ0v) is 8.44. The average molecular weight is 203 g/mol. The molecule has 78 valence electrons. The van der Waals surface area contributed by atoms with Crippen LogP contribution in [0.1, 0.15) is 18.5 Å². The molecule has 0 saturated carbocycles.